The Morgan fingerprint density at radius 1 is 0.600 bits per heavy atom. The summed E-state index contributed by atoms with van der Waals surface area (Å²) in [7, 11) is -4.94. The van der Waals surface area contributed by atoms with Crippen LogP contribution in [0.2, 0.25) is 0 Å². The second-order valence-electron chi connectivity index (χ2n) is 5.32. The standard InChI is InChI=1S/C19H14N.ClHO4/c1-2-9-16(10-3-1)20-14-15-8-4-5-11-17(15)18-12-6-7-13-19(18)20;2-1(3,4)5/h1-14H;(H,2,3,4,5)/q+1;/p-1. The van der Waals surface area contributed by atoms with E-state index in [1.807, 2.05) is 6.07 Å². The van der Waals surface area contributed by atoms with Gasteiger partial charge in [-0.05, 0) is 12.1 Å². The zero-order valence-electron chi connectivity index (χ0n) is 13.0. The summed E-state index contributed by atoms with van der Waals surface area (Å²) >= 11 is 0. The van der Waals surface area contributed by atoms with Gasteiger partial charge in [-0.1, -0.05) is 48.5 Å². The molecule has 0 spiro atoms. The number of para-hydroxylation sites is 2. The lowest BCUT2D eigenvalue weighted by Gasteiger charge is -2.17. The van der Waals surface area contributed by atoms with Gasteiger partial charge in [-0.3, -0.25) is 0 Å². The lowest BCUT2D eigenvalue weighted by molar-refractivity contribution is -2.00. The van der Waals surface area contributed by atoms with E-state index in [1.165, 1.54) is 27.4 Å². The minimum atomic E-state index is -4.94. The molecule has 0 fully saturated rings. The fourth-order valence-electron chi connectivity index (χ4n) is 2.78. The van der Waals surface area contributed by atoms with Crippen molar-refractivity contribution in [1.29, 1.82) is 0 Å². The molecule has 0 N–H and O–H groups in total. The van der Waals surface area contributed by atoms with Gasteiger partial charge in [-0.2, -0.15) is 4.57 Å². The zero-order valence-corrected chi connectivity index (χ0v) is 13.8. The van der Waals surface area contributed by atoms with Crippen molar-refractivity contribution in [3.63, 3.8) is 0 Å². The van der Waals surface area contributed by atoms with Crippen LogP contribution in [0.4, 0.5) is 0 Å². The molecule has 3 aromatic carbocycles. The zero-order chi connectivity index (χ0) is 17.9. The Morgan fingerprint density at radius 3 is 1.80 bits per heavy atom. The molecule has 1 aromatic heterocycles. The molecular formula is C19H14ClNO4. The molecule has 0 unspecified atom stereocenters. The fraction of sp³-hybridized carbons (Fsp3) is 0. The first kappa shape index (κ1) is 17.3. The molecule has 0 radical (unpaired) electrons. The summed E-state index contributed by atoms with van der Waals surface area (Å²) in [5.41, 5.74) is 2.42. The summed E-state index contributed by atoms with van der Waals surface area (Å²) in [6.07, 6.45) is 2.22. The maximum atomic E-state index is 8.49. The molecule has 6 heteroatoms. The Balaban J connectivity index is 0.000000324. The molecule has 0 saturated carbocycles. The van der Waals surface area contributed by atoms with Crippen LogP contribution in [0.3, 0.4) is 0 Å². The highest BCUT2D eigenvalue weighted by molar-refractivity contribution is 6.03. The highest BCUT2D eigenvalue weighted by atomic mass is 35.7. The van der Waals surface area contributed by atoms with Crippen molar-refractivity contribution in [3.8, 4) is 5.69 Å². The molecule has 0 bridgehead atoms. The van der Waals surface area contributed by atoms with Crippen LogP contribution in [0.1, 0.15) is 0 Å². The number of halogens is 1. The van der Waals surface area contributed by atoms with E-state index in [4.69, 9.17) is 18.6 Å². The molecule has 4 aromatic rings. The monoisotopic (exact) mass is 355 g/mol. The Labute approximate surface area is 146 Å². The molecule has 4 rings (SSSR count). The quantitative estimate of drug-likeness (QED) is 0.340. The predicted octanol–water partition coefficient (Wildman–Crippen LogP) is -0.486. The Bertz CT molecular complexity index is 994. The largest absolute Gasteiger partial charge is 0.222 e. The SMILES string of the molecule is [O-][Cl+3]([O-])([O-])[O-].c1ccc(-[n+]2cc3ccccc3c3ccccc32)cc1. The van der Waals surface area contributed by atoms with Crippen molar-refractivity contribution >= 4 is 21.7 Å². The van der Waals surface area contributed by atoms with Gasteiger partial charge in [0.1, 0.15) is 0 Å². The minimum absolute atomic E-state index is 1.19. The molecule has 0 saturated heterocycles. The molecule has 0 atom stereocenters. The number of hydrogen-bond donors (Lipinski definition) is 0. The minimum Gasteiger partial charge on any atom is -0.222 e. The van der Waals surface area contributed by atoms with E-state index in [2.05, 4.69) is 83.6 Å². The Morgan fingerprint density at radius 2 is 1.12 bits per heavy atom. The van der Waals surface area contributed by atoms with Crippen molar-refractivity contribution in [1.82, 2.24) is 0 Å². The number of pyridine rings is 1. The smallest absolute Gasteiger partial charge is 0.219 e. The van der Waals surface area contributed by atoms with Crippen LogP contribution in [0.25, 0.3) is 27.4 Å². The number of hydrogen-bond acceptors (Lipinski definition) is 4. The second kappa shape index (κ2) is 7.14. The summed E-state index contributed by atoms with van der Waals surface area (Å²) in [5.74, 6) is 0. The van der Waals surface area contributed by atoms with E-state index in [1.54, 1.807) is 0 Å². The molecule has 0 aliphatic carbocycles. The normalized spacial score (nSPS) is 11.2. The van der Waals surface area contributed by atoms with Gasteiger partial charge in [0.2, 0.25) is 11.2 Å². The van der Waals surface area contributed by atoms with Gasteiger partial charge >= 0.3 is 0 Å². The number of aromatic nitrogens is 1. The third-order valence-corrected chi connectivity index (χ3v) is 3.72. The first-order valence-electron chi connectivity index (χ1n) is 7.43. The predicted molar refractivity (Wildman–Crippen MR) is 83.0 cm³/mol. The maximum Gasteiger partial charge on any atom is 0.219 e. The topological polar surface area (TPSA) is 96.1 Å². The fourth-order valence-corrected chi connectivity index (χ4v) is 2.78. The second-order valence-corrected chi connectivity index (χ2v) is 6.07. The van der Waals surface area contributed by atoms with Gasteiger partial charge in [0, 0.05) is 29.0 Å². The number of benzene rings is 3. The molecule has 0 amide bonds. The number of nitrogens with zero attached hydrogens (tertiary/aromatic N) is 1. The van der Waals surface area contributed by atoms with Gasteiger partial charge in [-0.25, -0.2) is 18.6 Å². The first-order valence-corrected chi connectivity index (χ1v) is 8.66. The summed E-state index contributed by atoms with van der Waals surface area (Å²) in [6.45, 7) is 0. The number of rotatable bonds is 1. The van der Waals surface area contributed by atoms with Crippen LogP contribution in [0.5, 0.6) is 0 Å². The maximum absolute atomic E-state index is 8.49. The van der Waals surface area contributed by atoms with Gasteiger partial charge in [0.15, 0.2) is 6.20 Å². The lowest BCUT2D eigenvalue weighted by Crippen LogP contribution is -2.68. The molecule has 126 valence electrons. The van der Waals surface area contributed by atoms with E-state index in [0.717, 1.165) is 0 Å². The molecular weight excluding hydrogens is 342 g/mol. The van der Waals surface area contributed by atoms with Crippen LogP contribution in [0.15, 0.2) is 85.1 Å². The summed E-state index contributed by atoms with van der Waals surface area (Å²) in [4.78, 5) is 0. The highest BCUT2D eigenvalue weighted by Gasteiger charge is 2.14. The van der Waals surface area contributed by atoms with Crippen LogP contribution >= 0.6 is 0 Å². The van der Waals surface area contributed by atoms with E-state index in [9.17, 15) is 0 Å². The molecule has 25 heavy (non-hydrogen) atoms. The van der Waals surface area contributed by atoms with E-state index in [0.29, 0.717) is 0 Å². The molecule has 1 heterocycles. The van der Waals surface area contributed by atoms with Crippen molar-refractivity contribution in [2.24, 2.45) is 0 Å². The molecule has 0 aliphatic rings. The average Bonchev–Trinajstić information content (AvgIpc) is 2.60. The van der Waals surface area contributed by atoms with Gasteiger partial charge in [-0.15, -0.1) is 10.2 Å². The first-order chi connectivity index (χ1) is 11.9. The average molecular weight is 356 g/mol. The molecule has 0 aliphatic heterocycles. The van der Waals surface area contributed by atoms with Crippen molar-refractivity contribution in [3.05, 3.63) is 85.1 Å². The van der Waals surface area contributed by atoms with Gasteiger partial charge < -0.3 is 0 Å². The third-order valence-electron chi connectivity index (χ3n) is 3.72. The number of fused-ring (bicyclic) bond motifs is 3. The summed E-state index contributed by atoms with van der Waals surface area (Å²) in [5, 5.41) is 3.85. The van der Waals surface area contributed by atoms with Crippen LogP contribution in [-0.4, -0.2) is 0 Å². The van der Waals surface area contributed by atoms with Gasteiger partial charge in [0.05, 0.1) is 5.39 Å². The van der Waals surface area contributed by atoms with Gasteiger partial charge in [0.25, 0.3) is 0 Å². The van der Waals surface area contributed by atoms with E-state index in [-0.39, 0.29) is 0 Å². The van der Waals surface area contributed by atoms with Crippen molar-refractivity contribution < 1.29 is 33.4 Å². The lowest BCUT2D eigenvalue weighted by atomic mass is 10.1. The van der Waals surface area contributed by atoms with E-state index >= 15 is 0 Å². The van der Waals surface area contributed by atoms with Crippen molar-refractivity contribution in [2.45, 2.75) is 0 Å². The summed E-state index contributed by atoms with van der Waals surface area (Å²) in [6, 6.07) is 27.6. The van der Waals surface area contributed by atoms with Crippen LogP contribution < -0.4 is 23.2 Å². The van der Waals surface area contributed by atoms with Crippen molar-refractivity contribution in [2.75, 3.05) is 0 Å². The van der Waals surface area contributed by atoms with Crippen LogP contribution in [0, 0.1) is 10.2 Å². The Hall–Kier alpha value is -2.54. The third kappa shape index (κ3) is 4.30. The molecule has 5 nitrogen and oxygen atoms in total. The summed E-state index contributed by atoms with van der Waals surface area (Å²) < 4.78 is 36.2. The van der Waals surface area contributed by atoms with Crippen LogP contribution in [-0.2, 0) is 0 Å². The Kier molecular flexibility index (Phi) is 4.94. The van der Waals surface area contributed by atoms with E-state index < -0.39 is 10.2 Å². The highest BCUT2D eigenvalue weighted by Crippen LogP contribution is 2.22.